The van der Waals surface area contributed by atoms with Crippen LogP contribution in [-0.4, -0.2) is 10.6 Å². The molecule has 3 aromatic rings. The maximum atomic E-state index is 13.4. The van der Waals surface area contributed by atoms with Crippen LogP contribution in [0.1, 0.15) is 21.7 Å². The molecule has 122 valence electrons. The van der Waals surface area contributed by atoms with Gasteiger partial charge >= 0.3 is 11.6 Å². The van der Waals surface area contributed by atoms with Crippen LogP contribution in [0.4, 0.5) is 4.39 Å². The minimum absolute atomic E-state index is 0.00325. The average Bonchev–Trinajstić information content (AvgIpc) is 2.59. The monoisotopic (exact) mass is 327 g/mol. The van der Waals surface area contributed by atoms with E-state index in [9.17, 15) is 19.3 Å². The third kappa shape index (κ3) is 2.71. The lowest BCUT2D eigenvalue weighted by molar-refractivity contribution is -0.468. The van der Waals surface area contributed by atoms with Crippen LogP contribution in [0.25, 0.3) is 11.0 Å². The second-order valence-corrected chi connectivity index (χ2v) is 5.32. The van der Waals surface area contributed by atoms with Gasteiger partial charge in [-0.1, -0.05) is 30.3 Å². The molecule has 0 bridgehead atoms. The number of nitrogens with one attached hydrogen (secondary N) is 1. The zero-order chi connectivity index (χ0) is 17.3. The van der Waals surface area contributed by atoms with Crippen molar-refractivity contribution in [3.63, 3.8) is 0 Å². The van der Waals surface area contributed by atoms with Crippen LogP contribution < -0.4 is 9.74 Å². The number of hydrogen-bond donors (Lipinski definition) is 1. The first-order chi connectivity index (χ1) is 11.5. The van der Waals surface area contributed by atoms with Crippen LogP contribution in [0, 0.1) is 22.9 Å². The minimum Gasteiger partial charge on any atom is -0.805 e. The van der Waals surface area contributed by atoms with Crippen molar-refractivity contribution in [3.05, 3.63) is 81.4 Å². The molecule has 0 atom stereocenters. The second-order valence-electron chi connectivity index (χ2n) is 5.32. The summed E-state index contributed by atoms with van der Waals surface area (Å²) in [5.74, 6) is -1.35. The van der Waals surface area contributed by atoms with E-state index in [1.807, 2.05) is 30.3 Å². The molecule has 1 aromatic heterocycles. The van der Waals surface area contributed by atoms with Gasteiger partial charge in [-0.05, 0) is 24.6 Å². The first-order valence-corrected chi connectivity index (χ1v) is 7.26. The molecular formula is C17H14FN3O3. The molecule has 0 saturated carbocycles. The number of carbonyl (C=O) groups excluding carboxylic acids is 1. The lowest BCUT2D eigenvalue weighted by Gasteiger charge is -2.16. The maximum absolute atomic E-state index is 13.4. The topological polar surface area (TPSA) is 80.1 Å². The summed E-state index contributed by atoms with van der Waals surface area (Å²) >= 11 is 0. The maximum Gasteiger partial charge on any atom is 0.346 e. The largest absolute Gasteiger partial charge is 0.805 e. The van der Waals surface area contributed by atoms with Crippen molar-refractivity contribution < 1.29 is 13.6 Å². The Morgan fingerprint density at radius 2 is 1.96 bits per heavy atom. The summed E-state index contributed by atoms with van der Waals surface area (Å²) in [5, 5.41) is 14.9. The Balaban J connectivity index is 2.02. The Bertz CT molecular complexity index is 984. The highest BCUT2D eigenvalue weighted by molar-refractivity contribution is 5.93. The van der Waals surface area contributed by atoms with Crippen molar-refractivity contribution in [3.8, 4) is 0 Å². The van der Waals surface area contributed by atoms with Gasteiger partial charge in [0, 0.05) is 11.5 Å². The highest BCUT2D eigenvalue weighted by Gasteiger charge is 2.27. The molecule has 2 aromatic carbocycles. The summed E-state index contributed by atoms with van der Waals surface area (Å²) in [6.07, 6.45) is 0. The van der Waals surface area contributed by atoms with Crippen molar-refractivity contribution >= 4 is 16.9 Å². The van der Waals surface area contributed by atoms with E-state index in [0.717, 1.165) is 17.7 Å². The zero-order valence-corrected chi connectivity index (χ0v) is 12.8. The third-order valence-corrected chi connectivity index (χ3v) is 3.74. The van der Waals surface area contributed by atoms with Gasteiger partial charge in [0.05, 0.1) is 16.2 Å². The SMILES string of the molecule is Cc1c(C(=O)NCc2ccccc2)[n+](=O)c2cc(F)ccc2n1[O-]. The van der Waals surface area contributed by atoms with Crippen LogP contribution in [0.2, 0.25) is 0 Å². The highest BCUT2D eigenvalue weighted by Crippen LogP contribution is 2.15. The van der Waals surface area contributed by atoms with E-state index in [1.54, 1.807) is 0 Å². The number of halogens is 1. The van der Waals surface area contributed by atoms with E-state index < -0.39 is 11.7 Å². The molecule has 0 saturated heterocycles. The molecule has 7 heteroatoms. The van der Waals surface area contributed by atoms with Gasteiger partial charge in [0.2, 0.25) is 0 Å². The Morgan fingerprint density at radius 3 is 2.67 bits per heavy atom. The fourth-order valence-electron chi connectivity index (χ4n) is 2.49. The average molecular weight is 327 g/mol. The van der Waals surface area contributed by atoms with Crippen LogP contribution in [0.15, 0.2) is 48.5 Å². The predicted molar refractivity (Wildman–Crippen MR) is 86.4 cm³/mol. The van der Waals surface area contributed by atoms with Gasteiger partial charge in [-0.25, -0.2) is 4.39 Å². The van der Waals surface area contributed by atoms with E-state index >= 15 is 0 Å². The molecule has 0 aliphatic carbocycles. The van der Waals surface area contributed by atoms with Crippen molar-refractivity contribution in [1.82, 2.24) is 10.0 Å². The first-order valence-electron chi connectivity index (χ1n) is 7.26. The zero-order valence-electron chi connectivity index (χ0n) is 12.8. The van der Waals surface area contributed by atoms with Gasteiger partial charge in [0.25, 0.3) is 5.52 Å². The Hall–Kier alpha value is -3.22. The van der Waals surface area contributed by atoms with Crippen LogP contribution >= 0.6 is 0 Å². The highest BCUT2D eigenvalue weighted by atomic mass is 19.1. The summed E-state index contributed by atoms with van der Waals surface area (Å²) < 4.78 is 14.1. The number of carbonyl (C=O) groups is 1. The molecule has 0 aliphatic rings. The van der Waals surface area contributed by atoms with Gasteiger partial charge in [0.1, 0.15) is 11.3 Å². The molecule has 0 spiro atoms. The van der Waals surface area contributed by atoms with Crippen molar-refractivity contribution in [2.75, 3.05) is 0 Å². The number of fused-ring (bicyclic) bond motifs is 1. The molecule has 1 heterocycles. The summed E-state index contributed by atoms with van der Waals surface area (Å²) in [6.45, 7) is 1.58. The molecule has 24 heavy (non-hydrogen) atoms. The summed E-state index contributed by atoms with van der Waals surface area (Å²) in [4.78, 5) is 24.8. The fraction of sp³-hybridized carbons (Fsp3) is 0.118. The van der Waals surface area contributed by atoms with Crippen molar-refractivity contribution in [2.45, 2.75) is 13.5 Å². The number of hydrogen-bond acceptors (Lipinski definition) is 3. The predicted octanol–water partition coefficient (Wildman–Crippen LogP) is 2.28. The molecule has 6 nitrogen and oxygen atoms in total. The summed E-state index contributed by atoms with van der Waals surface area (Å²) in [6, 6.07) is 12.4. The molecule has 0 aliphatic heterocycles. The number of benzene rings is 2. The molecule has 0 fully saturated rings. The number of amides is 1. The summed E-state index contributed by atoms with van der Waals surface area (Å²) in [5.41, 5.74) is 0.264. The minimum atomic E-state index is -0.692. The van der Waals surface area contributed by atoms with Crippen molar-refractivity contribution in [1.29, 1.82) is 0 Å². The van der Waals surface area contributed by atoms with E-state index in [1.165, 1.54) is 13.0 Å². The van der Waals surface area contributed by atoms with Gasteiger partial charge in [0.15, 0.2) is 0 Å². The van der Waals surface area contributed by atoms with Crippen molar-refractivity contribution in [2.24, 2.45) is 0 Å². The second kappa shape index (κ2) is 6.11. The van der Waals surface area contributed by atoms with Crippen LogP contribution in [0.5, 0.6) is 0 Å². The molecule has 3 rings (SSSR count). The van der Waals surface area contributed by atoms with Gasteiger partial charge in [-0.15, -0.1) is 0 Å². The normalized spacial score (nSPS) is 10.8. The Morgan fingerprint density at radius 1 is 1.25 bits per heavy atom. The smallest absolute Gasteiger partial charge is 0.346 e. The number of nitrogens with zero attached hydrogens (tertiary/aromatic N) is 2. The van der Waals surface area contributed by atoms with Crippen LogP contribution in [0.3, 0.4) is 0 Å². The molecule has 1 N–H and O–H groups in total. The molecule has 0 radical (unpaired) electrons. The Kier molecular flexibility index (Phi) is 3.99. The Labute approximate surface area is 136 Å². The molecular weight excluding hydrogens is 313 g/mol. The third-order valence-electron chi connectivity index (χ3n) is 3.74. The standard InChI is InChI=1S/C17H14FN3O3/c1-11-16(17(22)19-10-12-5-3-2-4-6-12)21(24)15-9-13(18)7-8-14(15)20(11)23/h2-9H,10H2,1H3,(H,19,22). The van der Waals surface area contributed by atoms with E-state index in [0.29, 0.717) is 9.16 Å². The van der Waals surface area contributed by atoms with Gasteiger partial charge in [-0.3, -0.25) is 4.79 Å². The number of aromatic nitrogens is 2. The van der Waals surface area contributed by atoms with E-state index in [2.05, 4.69) is 5.32 Å². The van der Waals surface area contributed by atoms with Gasteiger partial charge in [-0.2, -0.15) is 0 Å². The van der Waals surface area contributed by atoms with E-state index in [-0.39, 0.29) is 29.0 Å². The van der Waals surface area contributed by atoms with Gasteiger partial charge < -0.3 is 15.3 Å². The number of rotatable bonds is 3. The fourth-order valence-corrected chi connectivity index (χ4v) is 2.49. The summed E-state index contributed by atoms with van der Waals surface area (Å²) in [7, 11) is 0. The molecule has 1 amide bonds. The quantitative estimate of drug-likeness (QED) is 0.750. The van der Waals surface area contributed by atoms with E-state index in [4.69, 9.17) is 0 Å². The van der Waals surface area contributed by atoms with Crippen LogP contribution in [-0.2, 0) is 6.54 Å². The first kappa shape index (κ1) is 15.7. The molecule has 0 unspecified atom stereocenters. The lowest BCUT2D eigenvalue weighted by atomic mass is 10.2. The lowest BCUT2D eigenvalue weighted by Crippen LogP contribution is -2.36.